The van der Waals surface area contributed by atoms with Gasteiger partial charge in [0.2, 0.25) is 0 Å². The molecule has 4 amide bonds. The first kappa shape index (κ1) is 23.7. The molecule has 1 unspecified atom stereocenters. The standard InChI is InChI=1S/C22H29N5O4S/c1-22(2,3)27(21(30)31)12-8-7-11-15(13-27)24-17(28)16-19(26-20(23)29)32-18(25-16)14-9-5-4-6-10-14/h4-6,9-10,15H,7-8,11-13H2,1-3H3,(H4-,23,24,26,28,29,30,31)/p+1/t15-,27?/m0/s1. The molecule has 2 aromatic rings. The highest BCUT2D eigenvalue weighted by Gasteiger charge is 2.50. The lowest BCUT2D eigenvalue weighted by Crippen LogP contribution is -2.66. The van der Waals surface area contributed by atoms with E-state index < -0.39 is 23.6 Å². The highest BCUT2D eigenvalue weighted by atomic mass is 32.1. The summed E-state index contributed by atoms with van der Waals surface area (Å²) in [5, 5.41) is 16.4. The first-order valence-corrected chi connectivity index (χ1v) is 11.4. The number of nitrogens with two attached hydrogens (primary N) is 1. The molecule has 9 nitrogen and oxygen atoms in total. The van der Waals surface area contributed by atoms with Crippen molar-refractivity contribution >= 4 is 34.4 Å². The summed E-state index contributed by atoms with van der Waals surface area (Å²) in [6.45, 7) is 6.51. The van der Waals surface area contributed by atoms with Gasteiger partial charge >= 0.3 is 12.1 Å². The third-order valence-electron chi connectivity index (χ3n) is 5.96. The second-order valence-corrected chi connectivity index (χ2v) is 10.0. The zero-order valence-electron chi connectivity index (χ0n) is 18.6. The zero-order chi connectivity index (χ0) is 23.5. The maximum absolute atomic E-state index is 13.2. The molecule has 32 heavy (non-hydrogen) atoms. The van der Waals surface area contributed by atoms with E-state index >= 15 is 0 Å². The molecule has 2 heterocycles. The fourth-order valence-electron chi connectivity index (χ4n) is 4.15. The van der Waals surface area contributed by atoms with Crippen LogP contribution in [0.2, 0.25) is 0 Å². The summed E-state index contributed by atoms with van der Waals surface area (Å²) in [5.74, 6) is -0.462. The molecule has 2 atom stereocenters. The predicted molar refractivity (Wildman–Crippen MR) is 124 cm³/mol. The van der Waals surface area contributed by atoms with Crippen molar-refractivity contribution in [3.05, 3.63) is 36.0 Å². The monoisotopic (exact) mass is 460 g/mol. The van der Waals surface area contributed by atoms with Crippen LogP contribution < -0.4 is 16.4 Å². The van der Waals surface area contributed by atoms with Gasteiger partial charge < -0.3 is 16.2 Å². The molecular weight excluding hydrogens is 430 g/mol. The molecule has 0 aliphatic carbocycles. The number of carbonyl (C=O) groups is 3. The molecular formula is C22H30N5O4S+. The molecule has 3 rings (SSSR count). The van der Waals surface area contributed by atoms with Gasteiger partial charge in [-0.3, -0.25) is 10.1 Å². The Kier molecular flexibility index (Phi) is 6.85. The molecule has 0 spiro atoms. The molecule has 1 aromatic heterocycles. The van der Waals surface area contributed by atoms with Gasteiger partial charge in [-0.15, -0.1) is 0 Å². The van der Waals surface area contributed by atoms with E-state index in [0.29, 0.717) is 18.0 Å². The Balaban J connectivity index is 1.89. The van der Waals surface area contributed by atoms with Crippen LogP contribution >= 0.6 is 11.3 Å². The molecule has 5 N–H and O–H groups in total. The molecule has 0 saturated carbocycles. The largest absolute Gasteiger partial charge is 0.514 e. The smallest absolute Gasteiger partial charge is 0.435 e. The number of urea groups is 1. The fraction of sp³-hybridized carbons (Fsp3) is 0.455. The van der Waals surface area contributed by atoms with Crippen molar-refractivity contribution in [1.29, 1.82) is 0 Å². The van der Waals surface area contributed by atoms with E-state index in [1.165, 1.54) is 0 Å². The minimum absolute atomic E-state index is 0.0704. The summed E-state index contributed by atoms with van der Waals surface area (Å²) in [6.07, 6.45) is 1.35. The van der Waals surface area contributed by atoms with Crippen molar-refractivity contribution in [2.75, 3.05) is 18.4 Å². The van der Waals surface area contributed by atoms with Crippen molar-refractivity contribution in [3.63, 3.8) is 0 Å². The lowest BCUT2D eigenvalue weighted by molar-refractivity contribution is -0.903. The zero-order valence-corrected chi connectivity index (χ0v) is 19.4. The van der Waals surface area contributed by atoms with Crippen molar-refractivity contribution in [2.45, 2.75) is 51.6 Å². The molecule has 1 aliphatic rings. The van der Waals surface area contributed by atoms with Crippen LogP contribution in [-0.2, 0) is 0 Å². The minimum atomic E-state index is -0.894. The molecule has 172 valence electrons. The van der Waals surface area contributed by atoms with E-state index in [4.69, 9.17) is 5.73 Å². The molecule has 1 saturated heterocycles. The summed E-state index contributed by atoms with van der Waals surface area (Å²) in [7, 11) is 0. The van der Waals surface area contributed by atoms with Gasteiger partial charge in [0.15, 0.2) is 5.69 Å². The highest BCUT2D eigenvalue weighted by molar-refractivity contribution is 7.19. The van der Waals surface area contributed by atoms with Gasteiger partial charge in [-0.2, -0.15) is 4.79 Å². The van der Waals surface area contributed by atoms with Gasteiger partial charge in [0, 0.05) is 5.56 Å². The van der Waals surface area contributed by atoms with E-state index in [9.17, 15) is 19.5 Å². The minimum Gasteiger partial charge on any atom is -0.435 e. The van der Waals surface area contributed by atoms with Crippen molar-refractivity contribution in [1.82, 2.24) is 10.3 Å². The van der Waals surface area contributed by atoms with Crippen LogP contribution in [0.15, 0.2) is 30.3 Å². The van der Waals surface area contributed by atoms with Crippen LogP contribution in [0.5, 0.6) is 0 Å². The third kappa shape index (κ3) is 4.91. The second-order valence-electron chi connectivity index (χ2n) is 9.05. The second kappa shape index (κ2) is 9.25. The highest BCUT2D eigenvalue weighted by Crippen LogP contribution is 2.33. The van der Waals surface area contributed by atoms with E-state index in [1.807, 2.05) is 51.1 Å². The van der Waals surface area contributed by atoms with Crippen LogP contribution in [-0.4, -0.2) is 57.3 Å². The van der Waals surface area contributed by atoms with Crippen LogP contribution in [0.3, 0.4) is 0 Å². The molecule has 10 heteroatoms. The first-order valence-electron chi connectivity index (χ1n) is 10.6. The molecule has 1 fully saturated rings. The van der Waals surface area contributed by atoms with Gasteiger partial charge in [-0.1, -0.05) is 41.7 Å². The van der Waals surface area contributed by atoms with Gasteiger partial charge in [0.25, 0.3) is 5.91 Å². The summed E-state index contributed by atoms with van der Waals surface area (Å²) < 4.78 is -0.128. The number of nitrogens with one attached hydrogen (secondary N) is 2. The molecule has 0 bridgehead atoms. The molecule has 0 radical (unpaired) electrons. The SMILES string of the molecule is CC(C)(C)[N+]1(C(=O)O)CCCC[C@H](NC(=O)c2nc(-c3ccccc3)sc2NC(N)=O)C1. The maximum Gasteiger partial charge on any atom is 0.514 e. The Morgan fingerprint density at radius 1 is 1.19 bits per heavy atom. The molecule has 1 aliphatic heterocycles. The van der Waals surface area contributed by atoms with E-state index in [0.717, 1.165) is 29.7 Å². The molecule has 1 aromatic carbocycles. The van der Waals surface area contributed by atoms with Crippen LogP contribution in [0.25, 0.3) is 10.6 Å². The average Bonchev–Trinajstić information content (AvgIpc) is 2.99. The number of hydrogen-bond donors (Lipinski definition) is 4. The van der Waals surface area contributed by atoms with Crippen LogP contribution in [0.4, 0.5) is 14.6 Å². The van der Waals surface area contributed by atoms with Gasteiger partial charge in [-0.05, 0) is 40.0 Å². The number of hydrogen-bond acceptors (Lipinski definition) is 5. The average molecular weight is 461 g/mol. The lowest BCUT2D eigenvalue weighted by atomic mass is 10.0. The fourth-order valence-corrected chi connectivity index (χ4v) is 5.12. The topological polar surface area (TPSA) is 134 Å². The number of nitrogens with zero attached hydrogens (tertiary/aromatic N) is 2. The summed E-state index contributed by atoms with van der Waals surface area (Å²) in [4.78, 5) is 41.4. The van der Waals surface area contributed by atoms with Gasteiger partial charge in [-0.25, -0.2) is 14.3 Å². The van der Waals surface area contributed by atoms with E-state index in [2.05, 4.69) is 15.6 Å². The van der Waals surface area contributed by atoms with E-state index in [-0.39, 0.29) is 27.8 Å². The Hall–Kier alpha value is -2.98. The Morgan fingerprint density at radius 3 is 2.47 bits per heavy atom. The van der Waals surface area contributed by atoms with Crippen molar-refractivity contribution in [2.24, 2.45) is 5.73 Å². The number of benzene rings is 1. The number of thiazole rings is 1. The number of quaternary nitrogens is 1. The van der Waals surface area contributed by atoms with Gasteiger partial charge in [0.05, 0.1) is 12.6 Å². The number of rotatable bonds is 4. The van der Waals surface area contributed by atoms with Gasteiger partial charge in [0.1, 0.15) is 22.1 Å². The number of amides is 4. The van der Waals surface area contributed by atoms with Crippen molar-refractivity contribution in [3.8, 4) is 10.6 Å². The number of carboxylic acid groups (broad SMARTS) is 1. The van der Waals surface area contributed by atoms with Crippen LogP contribution in [0, 0.1) is 0 Å². The maximum atomic E-state index is 13.2. The summed E-state index contributed by atoms with van der Waals surface area (Å²) in [6, 6.07) is 8.19. The first-order chi connectivity index (χ1) is 15.0. The quantitative estimate of drug-likeness (QED) is 0.514. The normalized spacial score (nSPS) is 21.4. The summed E-state index contributed by atoms with van der Waals surface area (Å²) >= 11 is 1.16. The predicted octanol–water partition coefficient (Wildman–Crippen LogP) is 3.88. The Morgan fingerprint density at radius 2 is 1.88 bits per heavy atom. The Bertz CT molecular complexity index is 1000. The van der Waals surface area contributed by atoms with E-state index in [1.54, 1.807) is 0 Å². The Labute approximate surface area is 191 Å². The number of aromatic nitrogens is 1. The number of anilines is 1. The number of likely N-dealkylation sites (tertiary alicyclic amines) is 1. The summed E-state index contributed by atoms with van der Waals surface area (Å²) in [5.41, 5.74) is 5.65. The number of carbonyl (C=O) groups excluding carboxylic acids is 2. The van der Waals surface area contributed by atoms with Crippen molar-refractivity contribution < 1.29 is 24.0 Å². The van der Waals surface area contributed by atoms with Crippen LogP contribution in [0.1, 0.15) is 50.5 Å². The lowest BCUT2D eigenvalue weighted by Gasteiger charge is -2.44. The third-order valence-corrected chi connectivity index (χ3v) is 6.98. The number of primary amides is 1.